The van der Waals surface area contributed by atoms with Gasteiger partial charge in [-0.2, -0.15) is 0 Å². The number of hydrogen-bond acceptors (Lipinski definition) is 0. The lowest BCUT2D eigenvalue weighted by atomic mass is 9.82. The van der Waals surface area contributed by atoms with Gasteiger partial charge in [-0.25, -0.2) is 0 Å². The van der Waals surface area contributed by atoms with Crippen molar-refractivity contribution in [1.82, 2.24) is 0 Å². The molecule has 4 rings (SSSR count). The molecular formula is C24H24Br2. The number of rotatable bonds is 2. The molecule has 0 nitrogen and oxygen atoms in total. The predicted molar refractivity (Wildman–Crippen MR) is 123 cm³/mol. The molecule has 0 aliphatic carbocycles. The topological polar surface area (TPSA) is 0 Å². The summed E-state index contributed by atoms with van der Waals surface area (Å²) in [6, 6.07) is 9.41. The molecule has 0 radical (unpaired) electrons. The first-order chi connectivity index (χ1) is 12.2. The third-order valence-electron chi connectivity index (χ3n) is 5.70. The average Bonchev–Trinajstić information content (AvgIpc) is 2.56. The molecule has 26 heavy (non-hydrogen) atoms. The van der Waals surface area contributed by atoms with Crippen molar-refractivity contribution in [3.63, 3.8) is 0 Å². The first-order valence-corrected chi connectivity index (χ1v) is 10.9. The van der Waals surface area contributed by atoms with E-state index in [1.165, 1.54) is 63.5 Å². The maximum atomic E-state index is 3.87. The predicted octanol–water partition coefficient (Wildman–Crippen LogP) is 8.97. The van der Waals surface area contributed by atoms with Gasteiger partial charge >= 0.3 is 0 Å². The van der Waals surface area contributed by atoms with Gasteiger partial charge in [0.15, 0.2) is 0 Å². The Kier molecular flexibility index (Phi) is 4.36. The van der Waals surface area contributed by atoms with Crippen molar-refractivity contribution in [3.05, 3.63) is 55.5 Å². The molecular weight excluding hydrogens is 448 g/mol. The molecule has 0 aliphatic rings. The van der Waals surface area contributed by atoms with Gasteiger partial charge in [0.2, 0.25) is 0 Å². The molecule has 0 fully saturated rings. The number of hydrogen-bond donors (Lipinski definition) is 0. The molecule has 0 amide bonds. The fourth-order valence-corrected chi connectivity index (χ4v) is 5.63. The zero-order chi connectivity index (χ0) is 18.9. The quantitative estimate of drug-likeness (QED) is 0.256. The van der Waals surface area contributed by atoms with Crippen LogP contribution in [0.15, 0.2) is 33.2 Å². The Hall–Kier alpha value is -1.12. The lowest BCUT2D eigenvalue weighted by Crippen LogP contribution is -2.00. The van der Waals surface area contributed by atoms with E-state index in [0.29, 0.717) is 11.8 Å². The van der Waals surface area contributed by atoms with Crippen LogP contribution < -0.4 is 0 Å². The SMILES string of the molecule is Cc1cc2c(Br)cc(C(C)C)c3c(C)cc4c(Br)cc(C(C)C)c1c4c23. The highest BCUT2D eigenvalue weighted by atomic mass is 79.9. The Morgan fingerprint density at radius 2 is 0.923 bits per heavy atom. The van der Waals surface area contributed by atoms with Crippen LogP contribution in [0.2, 0.25) is 0 Å². The Labute approximate surface area is 172 Å². The van der Waals surface area contributed by atoms with Crippen LogP contribution in [0, 0.1) is 13.8 Å². The minimum Gasteiger partial charge on any atom is -0.0587 e. The molecule has 0 saturated heterocycles. The van der Waals surface area contributed by atoms with Crippen molar-refractivity contribution in [2.24, 2.45) is 0 Å². The molecule has 0 saturated carbocycles. The fourth-order valence-electron chi connectivity index (χ4n) is 4.51. The summed E-state index contributed by atoms with van der Waals surface area (Å²) in [6.45, 7) is 13.7. The molecule has 134 valence electrons. The molecule has 4 aromatic carbocycles. The highest BCUT2D eigenvalue weighted by molar-refractivity contribution is 9.11. The standard InChI is InChI=1S/C24H24Br2/c1-11(2)15-9-19(25)17-8-14(6)22-16(12(3)4)10-20(26)18-7-13(5)21(15)23(17)24(18)22/h7-12H,1-6H3. The summed E-state index contributed by atoms with van der Waals surface area (Å²) in [4.78, 5) is 0. The largest absolute Gasteiger partial charge is 0.0587 e. The van der Waals surface area contributed by atoms with Crippen LogP contribution in [0.5, 0.6) is 0 Å². The summed E-state index contributed by atoms with van der Waals surface area (Å²) < 4.78 is 2.41. The Balaban J connectivity index is 2.43. The molecule has 4 aromatic rings. The molecule has 0 bridgehead atoms. The maximum Gasteiger partial charge on any atom is 0.0257 e. The summed E-state index contributed by atoms with van der Waals surface area (Å²) in [7, 11) is 0. The van der Waals surface area contributed by atoms with Crippen LogP contribution in [-0.2, 0) is 0 Å². The van der Waals surface area contributed by atoms with Gasteiger partial charge in [0, 0.05) is 8.95 Å². The summed E-state index contributed by atoms with van der Waals surface area (Å²) in [5, 5.41) is 8.36. The van der Waals surface area contributed by atoms with Gasteiger partial charge in [0.25, 0.3) is 0 Å². The molecule has 0 aromatic heterocycles. The second-order valence-corrected chi connectivity index (χ2v) is 9.90. The van der Waals surface area contributed by atoms with Crippen LogP contribution in [0.25, 0.3) is 32.3 Å². The van der Waals surface area contributed by atoms with E-state index in [1.807, 2.05) is 0 Å². The maximum absolute atomic E-state index is 3.87. The molecule has 0 heterocycles. The summed E-state index contributed by atoms with van der Waals surface area (Å²) in [6.07, 6.45) is 0. The zero-order valence-electron chi connectivity index (χ0n) is 16.2. The van der Waals surface area contributed by atoms with Crippen LogP contribution in [0.4, 0.5) is 0 Å². The van der Waals surface area contributed by atoms with Gasteiger partial charge in [-0.05, 0) is 105 Å². The minimum atomic E-state index is 0.490. The van der Waals surface area contributed by atoms with Crippen molar-refractivity contribution in [1.29, 1.82) is 0 Å². The molecule has 0 aliphatic heterocycles. The van der Waals surface area contributed by atoms with Gasteiger partial charge in [0.05, 0.1) is 0 Å². The van der Waals surface area contributed by atoms with Gasteiger partial charge < -0.3 is 0 Å². The van der Waals surface area contributed by atoms with Crippen molar-refractivity contribution in [2.45, 2.75) is 53.4 Å². The Bertz CT molecular complexity index is 1070. The van der Waals surface area contributed by atoms with E-state index in [0.717, 1.165) is 0 Å². The smallest absolute Gasteiger partial charge is 0.0257 e. The lowest BCUT2D eigenvalue weighted by Gasteiger charge is -2.23. The van der Waals surface area contributed by atoms with Gasteiger partial charge in [-0.1, -0.05) is 59.6 Å². The third-order valence-corrected chi connectivity index (χ3v) is 7.01. The zero-order valence-corrected chi connectivity index (χ0v) is 19.4. The van der Waals surface area contributed by atoms with E-state index in [-0.39, 0.29) is 0 Å². The number of benzene rings is 4. The molecule has 0 N–H and O–H groups in total. The van der Waals surface area contributed by atoms with Crippen LogP contribution in [0.1, 0.15) is 61.8 Å². The second-order valence-electron chi connectivity index (χ2n) is 8.19. The van der Waals surface area contributed by atoms with Crippen molar-refractivity contribution >= 4 is 64.2 Å². The first kappa shape index (κ1) is 18.3. The van der Waals surface area contributed by atoms with Gasteiger partial charge in [-0.15, -0.1) is 0 Å². The monoisotopic (exact) mass is 470 g/mol. The average molecular weight is 472 g/mol. The van der Waals surface area contributed by atoms with E-state index >= 15 is 0 Å². The van der Waals surface area contributed by atoms with Gasteiger partial charge in [-0.3, -0.25) is 0 Å². The fraction of sp³-hybridized carbons (Fsp3) is 0.333. The van der Waals surface area contributed by atoms with E-state index in [2.05, 4.69) is 97.7 Å². The van der Waals surface area contributed by atoms with Crippen LogP contribution >= 0.6 is 31.9 Å². The molecule has 0 atom stereocenters. The molecule has 0 spiro atoms. The van der Waals surface area contributed by atoms with Crippen LogP contribution in [0.3, 0.4) is 0 Å². The number of aryl methyl sites for hydroxylation is 2. The normalized spacial score (nSPS) is 12.5. The Morgan fingerprint density at radius 3 is 1.23 bits per heavy atom. The second kappa shape index (κ2) is 6.21. The summed E-state index contributed by atoms with van der Waals surface area (Å²) in [5.74, 6) is 0.979. The number of halogens is 2. The van der Waals surface area contributed by atoms with Crippen molar-refractivity contribution < 1.29 is 0 Å². The molecule has 0 unspecified atom stereocenters. The van der Waals surface area contributed by atoms with Crippen molar-refractivity contribution in [2.75, 3.05) is 0 Å². The van der Waals surface area contributed by atoms with Gasteiger partial charge in [0.1, 0.15) is 0 Å². The minimum absolute atomic E-state index is 0.490. The first-order valence-electron chi connectivity index (χ1n) is 9.32. The Morgan fingerprint density at radius 1 is 0.577 bits per heavy atom. The van der Waals surface area contributed by atoms with Crippen molar-refractivity contribution in [3.8, 4) is 0 Å². The highest BCUT2D eigenvalue weighted by Crippen LogP contribution is 2.47. The lowest BCUT2D eigenvalue weighted by molar-refractivity contribution is 0.874. The van der Waals surface area contributed by atoms with E-state index in [4.69, 9.17) is 0 Å². The van der Waals surface area contributed by atoms with E-state index in [9.17, 15) is 0 Å². The summed E-state index contributed by atoms with van der Waals surface area (Å²) in [5.41, 5.74) is 5.59. The summed E-state index contributed by atoms with van der Waals surface area (Å²) >= 11 is 7.75. The van der Waals surface area contributed by atoms with E-state index < -0.39 is 0 Å². The molecule has 2 heteroatoms. The van der Waals surface area contributed by atoms with E-state index in [1.54, 1.807) is 0 Å². The highest BCUT2D eigenvalue weighted by Gasteiger charge is 2.21. The van der Waals surface area contributed by atoms with Crippen LogP contribution in [-0.4, -0.2) is 0 Å². The third kappa shape index (κ3) is 2.45.